The molecule has 0 aliphatic carbocycles. The molecule has 0 bridgehead atoms. The Kier molecular flexibility index (Phi) is 3.20. The smallest absolute Gasteiger partial charge is 0.0955 e. The van der Waals surface area contributed by atoms with Gasteiger partial charge in [-0.05, 0) is 25.2 Å². The summed E-state index contributed by atoms with van der Waals surface area (Å²) in [5.74, 6) is 0. The largest absolute Gasteiger partial charge is 0.233 e. The summed E-state index contributed by atoms with van der Waals surface area (Å²) in [4.78, 5) is 0. The van der Waals surface area contributed by atoms with E-state index in [0.29, 0.717) is 0 Å². The van der Waals surface area contributed by atoms with Gasteiger partial charge in [0.15, 0.2) is 0 Å². The fourth-order valence-corrected chi connectivity index (χ4v) is 0.825. The van der Waals surface area contributed by atoms with E-state index in [0.717, 1.165) is 12.8 Å². The highest BCUT2D eigenvalue weighted by Gasteiger charge is 2.26. The van der Waals surface area contributed by atoms with Crippen molar-refractivity contribution in [2.45, 2.75) is 46.6 Å². The zero-order valence-electron chi connectivity index (χ0n) is 6.90. The van der Waals surface area contributed by atoms with Crippen LogP contribution in [0.4, 0.5) is 0 Å². The third kappa shape index (κ3) is 1.98. The lowest BCUT2D eigenvalue weighted by atomic mass is 9.80. The molecule has 55 valence electrons. The van der Waals surface area contributed by atoms with E-state index in [4.69, 9.17) is 0 Å². The van der Waals surface area contributed by atoms with Gasteiger partial charge in [0, 0.05) is 0 Å². The minimum absolute atomic E-state index is 0.0278. The van der Waals surface area contributed by atoms with Crippen LogP contribution >= 0.6 is 0 Å². The SMILES string of the molecule is CCC(C)(CC)C(C)[O]. The molecule has 1 atom stereocenters. The molecule has 0 heterocycles. The van der Waals surface area contributed by atoms with Crippen molar-refractivity contribution in [2.24, 2.45) is 5.41 Å². The molecule has 9 heavy (non-hydrogen) atoms. The molecule has 0 aromatic carbocycles. The highest BCUT2D eigenvalue weighted by Crippen LogP contribution is 2.29. The monoisotopic (exact) mass is 129 g/mol. The highest BCUT2D eigenvalue weighted by molar-refractivity contribution is 4.75. The predicted octanol–water partition coefficient (Wildman–Crippen LogP) is 2.63. The van der Waals surface area contributed by atoms with Gasteiger partial charge in [-0.15, -0.1) is 0 Å². The normalized spacial score (nSPS) is 15.7. The Morgan fingerprint density at radius 1 is 1.33 bits per heavy atom. The Bertz CT molecular complexity index is 72.6. The van der Waals surface area contributed by atoms with Crippen LogP contribution in [0.1, 0.15) is 40.5 Å². The highest BCUT2D eigenvalue weighted by atomic mass is 16.3. The first-order valence-corrected chi connectivity index (χ1v) is 3.72. The molecule has 0 fully saturated rings. The van der Waals surface area contributed by atoms with Crippen LogP contribution in [0.3, 0.4) is 0 Å². The molecule has 1 radical (unpaired) electrons. The van der Waals surface area contributed by atoms with Gasteiger partial charge in [-0.1, -0.05) is 20.8 Å². The van der Waals surface area contributed by atoms with E-state index in [1.165, 1.54) is 0 Å². The van der Waals surface area contributed by atoms with Crippen LogP contribution in [0, 0.1) is 5.41 Å². The minimum atomic E-state index is -0.424. The second kappa shape index (κ2) is 3.21. The van der Waals surface area contributed by atoms with E-state index < -0.39 is 6.10 Å². The Morgan fingerprint density at radius 3 is 1.67 bits per heavy atom. The van der Waals surface area contributed by atoms with Crippen molar-refractivity contribution in [3.05, 3.63) is 0 Å². The van der Waals surface area contributed by atoms with Crippen molar-refractivity contribution in [1.82, 2.24) is 0 Å². The molecular formula is C8H17O. The summed E-state index contributed by atoms with van der Waals surface area (Å²) in [5.41, 5.74) is 0.0278. The summed E-state index contributed by atoms with van der Waals surface area (Å²) in [6.07, 6.45) is 1.56. The van der Waals surface area contributed by atoms with Crippen molar-refractivity contribution >= 4 is 0 Å². The molecule has 0 aliphatic rings. The van der Waals surface area contributed by atoms with E-state index in [9.17, 15) is 5.11 Å². The Morgan fingerprint density at radius 2 is 1.67 bits per heavy atom. The first-order valence-electron chi connectivity index (χ1n) is 3.72. The number of hydrogen-bond donors (Lipinski definition) is 0. The molecule has 0 saturated heterocycles. The number of hydrogen-bond acceptors (Lipinski definition) is 0. The lowest BCUT2D eigenvalue weighted by Gasteiger charge is -2.28. The summed E-state index contributed by atoms with van der Waals surface area (Å²) in [6.45, 7) is 7.98. The zero-order valence-corrected chi connectivity index (χ0v) is 6.90. The second-order valence-corrected chi connectivity index (χ2v) is 3.00. The lowest BCUT2D eigenvalue weighted by molar-refractivity contribution is -0.00958. The van der Waals surface area contributed by atoms with Gasteiger partial charge in [0.05, 0.1) is 6.10 Å². The molecule has 0 N–H and O–H groups in total. The molecule has 1 nitrogen and oxygen atoms in total. The van der Waals surface area contributed by atoms with Gasteiger partial charge < -0.3 is 0 Å². The maximum Gasteiger partial charge on any atom is 0.0955 e. The molecule has 1 heteroatoms. The number of rotatable bonds is 3. The Labute approximate surface area is 58.1 Å². The van der Waals surface area contributed by atoms with Crippen molar-refractivity contribution in [1.29, 1.82) is 0 Å². The van der Waals surface area contributed by atoms with E-state index in [1.807, 2.05) is 0 Å². The minimum Gasteiger partial charge on any atom is -0.233 e. The summed E-state index contributed by atoms with van der Waals surface area (Å²) >= 11 is 0. The van der Waals surface area contributed by atoms with Gasteiger partial charge in [0.25, 0.3) is 0 Å². The van der Waals surface area contributed by atoms with Crippen LogP contribution in [0.5, 0.6) is 0 Å². The van der Waals surface area contributed by atoms with Gasteiger partial charge >= 0.3 is 0 Å². The predicted molar refractivity (Wildman–Crippen MR) is 38.8 cm³/mol. The van der Waals surface area contributed by atoms with Gasteiger partial charge in [-0.25, -0.2) is 5.11 Å². The van der Waals surface area contributed by atoms with Gasteiger partial charge in [0.2, 0.25) is 0 Å². The van der Waals surface area contributed by atoms with Crippen molar-refractivity contribution in [3.63, 3.8) is 0 Å². The molecule has 1 unspecified atom stereocenters. The van der Waals surface area contributed by atoms with Crippen molar-refractivity contribution < 1.29 is 5.11 Å². The molecular weight excluding hydrogens is 112 g/mol. The molecule has 0 amide bonds. The van der Waals surface area contributed by atoms with Crippen LogP contribution in [0.15, 0.2) is 0 Å². The Hall–Kier alpha value is -0.0400. The third-order valence-electron chi connectivity index (χ3n) is 2.60. The van der Waals surface area contributed by atoms with E-state index in [2.05, 4.69) is 20.8 Å². The summed E-state index contributed by atoms with van der Waals surface area (Å²) in [7, 11) is 0. The second-order valence-electron chi connectivity index (χ2n) is 3.00. The first-order chi connectivity index (χ1) is 4.06. The average molecular weight is 129 g/mol. The lowest BCUT2D eigenvalue weighted by Crippen LogP contribution is -2.26. The summed E-state index contributed by atoms with van der Waals surface area (Å²) in [6, 6.07) is 0. The van der Waals surface area contributed by atoms with Crippen molar-refractivity contribution in [2.75, 3.05) is 0 Å². The zero-order chi connectivity index (χ0) is 7.49. The van der Waals surface area contributed by atoms with Crippen molar-refractivity contribution in [3.8, 4) is 0 Å². The summed E-state index contributed by atoms with van der Waals surface area (Å²) < 4.78 is 0. The van der Waals surface area contributed by atoms with E-state index in [1.54, 1.807) is 6.92 Å². The van der Waals surface area contributed by atoms with Gasteiger partial charge in [-0.3, -0.25) is 0 Å². The molecule has 0 rings (SSSR count). The fraction of sp³-hybridized carbons (Fsp3) is 1.00. The maximum atomic E-state index is 11.0. The quantitative estimate of drug-likeness (QED) is 0.558. The van der Waals surface area contributed by atoms with Crippen LogP contribution in [-0.4, -0.2) is 6.10 Å². The third-order valence-corrected chi connectivity index (χ3v) is 2.60. The Balaban J connectivity index is 3.92. The maximum absolute atomic E-state index is 11.0. The van der Waals surface area contributed by atoms with E-state index in [-0.39, 0.29) is 5.41 Å². The molecule has 0 spiro atoms. The van der Waals surface area contributed by atoms with Crippen LogP contribution in [0.25, 0.3) is 0 Å². The fourth-order valence-electron chi connectivity index (χ4n) is 0.825. The van der Waals surface area contributed by atoms with E-state index >= 15 is 0 Å². The molecule has 0 aromatic rings. The standard InChI is InChI=1S/C8H17O/c1-5-8(4,6-2)7(3)9/h7H,5-6H2,1-4H3. The van der Waals surface area contributed by atoms with Crippen LogP contribution in [-0.2, 0) is 5.11 Å². The first kappa shape index (κ1) is 8.96. The molecule has 0 aromatic heterocycles. The van der Waals surface area contributed by atoms with Gasteiger partial charge in [0.1, 0.15) is 0 Å². The molecule has 0 saturated carbocycles. The summed E-state index contributed by atoms with van der Waals surface area (Å²) in [5, 5.41) is 11.0. The van der Waals surface area contributed by atoms with Crippen LogP contribution < -0.4 is 0 Å². The molecule has 0 aliphatic heterocycles. The topological polar surface area (TPSA) is 19.9 Å². The van der Waals surface area contributed by atoms with Crippen LogP contribution in [0.2, 0.25) is 0 Å². The van der Waals surface area contributed by atoms with Gasteiger partial charge in [-0.2, -0.15) is 0 Å². The average Bonchev–Trinajstić information content (AvgIpc) is 1.86.